The Morgan fingerprint density at radius 1 is 1.26 bits per heavy atom. The summed E-state index contributed by atoms with van der Waals surface area (Å²) < 4.78 is 25.0. The van der Waals surface area contributed by atoms with Gasteiger partial charge in [0.2, 0.25) is 0 Å². The molecule has 2 rings (SSSR count). The summed E-state index contributed by atoms with van der Waals surface area (Å²) >= 11 is 6.16. The Kier molecular flexibility index (Phi) is 5.51. The first-order chi connectivity index (χ1) is 10.9. The van der Waals surface area contributed by atoms with Crippen LogP contribution in [0.5, 0.6) is 0 Å². The first-order valence-electron chi connectivity index (χ1n) is 6.17. The van der Waals surface area contributed by atoms with Crippen LogP contribution in [0.2, 0.25) is 5.02 Å². The predicted octanol–water partition coefficient (Wildman–Crippen LogP) is 4.82. The molecule has 0 bridgehead atoms. The number of rotatable bonds is 5. The van der Waals surface area contributed by atoms with Crippen LogP contribution in [0.25, 0.3) is 0 Å². The zero-order valence-electron chi connectivity index (χ0n) is 11.3. The lowest BCUT2D eigenvalue weighted by Crippen LogP contribution is -2.13. The number of amides is 1. The summed E-state index contributed by atoms with van der Waals surface area (Å²) in [7, 11) is 0. The summed E-state index contributed by atoms with van der Waals surface area (Å²) in [5.74, 6) is -3.37. The quantitative estimate of drug-likeness (QED) is 0.472. The summed E-state index contributed by atoms with van der Waals surface area (Å²) in [5.41, 5.74) is -0.238. The number of carbonyl (C=O) groups is 1. The Balaban J connectivity index is 2.30. The summed E-state index contributed by atoms with van der Waals surface area (Å²) in [6, 6.07) is 9.44. The smallest absolute Gasteiger partial charge is 0.288 e. The maximum Gasteiger partial charge on any atom is 0.288 e. The van der Waals surface area contributed by atoms with Crippen molar-refractivity contribution < 1.29 is 18.5 Å². The summed E-state index contributed by atoms with van der Waals surface area (Å²) in [4.78, 5) is 22.5. The number of non-ortho nitro benzene ring substituents is 1. The number of para-hydroxylation sites is 1. The third kappa shape index (κ3) is 4.40. The van der Waals surface area contributed by atoms with Gasteiger partial charge in [0, 0.05) is 17.0 Å². The molecule has 1 amide bonds. The zero-order valence-corrected chi connectivity index (χ0v) is 12.9. The average Bonchev–Trinajstić information content (AvgIpc) is 2.48. The van der Waals surface area contributed by atoms with Gasteiger partial charge >= 0.3 is 0 Å². The van der Waals surface area contributed by atoms with Gasteiger partial charge in [0.1, 0.15) is 0 Å². The average molecular weight is 359 g/mol. The van der Waals surface area contributed by atoms with Crippen LogP contribution in [0, 0.1) is 10.1 Å². The zero-order chi connectivity index (χ0) is 17.0. The topological polar surface area (TPSA) is 72.2 Å². The maximum atomic E-state index is 12.5. The van der Waals surface area contributed by atoms with Gasteiger partial charge in [-0.05, 0) is 18.2 Å². The van der Waals surface area contributed by atoms with Crippen LogP contribution < -0.4 is 5.32 Å². The first-order valence-corrected chi connectivity index (χ1v) is 7.43. The number of nitro groups is 1. The molecular formula is C14H9ClF2N2O3S. The fourth-order valence-corrected chi connectivity index (χ4v) is 2.56. The Morgan fingerprint density at radius 3 is 2.61 bits per heavy atom. The molecule has 0 aliphatic heterocycles. The summed E-state index contributed by atoms with van der Waals surface area (Å²) in [6.45, 7) is 0. The lowest BCUT2D eigenvalue weighted by Gasteiger charge is -2.11. The van der Waals surface area contributed by atoms with E-state index < -0.39 is 16.6 Å². The molecule has 0 saturated heterocycles. The van der Waals surface area contributed by atoms with Gasteiger partial charge in [-0.2, -0.15) is 8.78 Å². The van der Waals surface area contributed by atoms with Crippen LogP contribution in [0.1, 0.15) is 10.4 Å². The molecule has 0 atom stereocenters. The fraction of sp³-hybridized carbons (Fsp3) is 0.0714. The molecule has 2 aromatic rings. The standard InChI is InChI=1S/C14H9ClF2N2O3S/c15-10-6-5-8(19(21)22)7-9(10)13(20)18-11-3-1-2-4-12(11)23-14(16)17/h1-7,14H,(H,18,20). The molecule has 0 aliphatic rings. The molecule has 9 heteroatoms. The minimum absolute atomic E-state index is 0.0205. The molecule has 0 spiro atoms. The van der Waals surface area contributed by atoms with E-state index in [1.165, 1.54) is 24.3 Å². The molecule has 0 aromatic heterocycles. The van der Waals surface area contributed by atoms with E-state index in [0.29, 0.717) is 0 Å². The number of carbonyl (C=O) groups excluding carboxylic acids is 1. The van der Waals surface area contributed by atoms with Gasteiger partial charge < -0.3 is 5.32 Å². The SMILES string of the molecule is O=C(Nc1ccccc1SC(F)F)c1cc([N+](=O)[O-])ccc1Cl. The second kappa shape index (κ2) is 7.38. The second-order valence-corrected chi connectivity index (χ2v) is 5.69. The molecule has 23 heavy (non-hydrogen) atoms. The highest BCUT2D eigenvalue weighted by molar-refractivity contribution is 7.99. The number of benzene rings is 2. The van der Waals surface area contributed by atoms with E-state index in [4.69, 9.17) is 11.6 Å². The first kappa shape index (κ1) is 17.2. The van der Waals surface area contributed by atoms with Crippen molar-refractivity contribution in [3.63, 3.8) is 0 Å². The van der Waals surface area contributed by atoms with Crippen molar-refractivity contribution in [3.05, 3.63) is 63.2 Å². The Labute approximate surface area is 138 Å². The predicted molar refractivity (Wildman–Crippen MR) is 84.4 cm³/mol. The summed E-state index contributed by atoms with van der Waals surface area (Å²) in [5, 5.41) is 13.2. The van der Waals surface area contributed by atoms with E-state index >= 15 is 0 Å². The fourth-order valence-electron chi connectivity index (χ4n) is 1.76. The van der Waals surface area contributed by atoms with Crippen molar-refractivity contribution >= 4 is 40.6 Å². The second-order valence-electron chi connectivity index (χ2n) is 4.25. The van der Waals surface area contributed by atoms with Gasteiger partial charge in [-0.25, -0.2) is 0 Å². The Morgan fingerprint density at radius 2 is 1.96 bits per heavy atom. The molecule has 0 saturated carbocycles. The van der Waals surface area contributed by atoms with Crippen molar-refractivity contribution in [2.24, 2.45) is 0 Å². The minimum Gasteiger partial charge on any atom is -0.321 e. The Hall–Kier alpha value is -2.19. The molecule has 0 radical (unpaired) electrons. The van der Waals surface area contributed by atoms with Gasteiger partial charge in [-0.1, -0.05) is 35.5 Å². The van der Waals surface area contributed by atoms with Crippen LogP contribution in [-0.2, 0) is 0 Å². The van der Waals surface area contributed by atoms with Crippen LogP contribution >= 0.6 is 23.4 Å². The number of halogens is 3. The van der Waals surface area contributed by atoms with Crippen LogP contribution in [-0.4, -0.2) is 16.6 Å². The summed E-state index contributed by atoms with van der Waals surface area (Å²) in [6.07, 6.45) is 0. The van der Waals surface area contributed by atoms with Gasteiger partial charge in [-0.15, -0.1) is 0 Å². The molecule has 0 heterocycles. The number of anilines is 1. The minimum atomic E-state index is -2.64. The van der Waals surface area contributed by atoms with Gasteiger partial charge in [0.15, 0.2) is 0 Å². The van der Waals surface area contributed by atoms with Crippen LogP contribution in [0.4, 0.5) is 20.2 Å². The molecule has 1 N–H and O–H groups in total. The lowest BCUT2D eigenvalue weighted by atomic mass is 10.2. The number of hydrogen-bond donors (Lipinski definition) is 1. The molecule has 5 nitrogen and oxygen atoms in total. The third-order valence-corrected chi connectivity index (χ3v) is 3.87. The largest absolute Gasteiger partial charge is 0.321 e. The number of nitrogens with zero attached hydrogens (tertiary/aromatic N) is 1. The van der Waals surface area contributed by atoms with Crippen molar-refractivity contribution in [3.8, 4) is 0 Å². The number of nitro benzene ring substituents is 1. The molecular weight excluding hydrogens is 350 g/mol. The normalized spacial score (nSPS) is 10.6. The van der Waals surface area contributed by atoms with Gasteiger partial charge in [-0.3, -0.25) is 14.9 Å². The number of alkyl halides is 2. The van der Waals surface area contributed by atoms with Crippen molar-refractivity contribution in [2.45, 2.75) is 10.7 Å². The van der Waals surface area contributed by atoms with E-state index in [1.807, 2.05) is 0 Å². The molecule has 0 fully saturated rings. The van der Waals surface area contributed by atoms with E-state index in [2.05, 4.69) is 5.32 Å². The molecule has 2 aromatic carbocycles. The maximum absolute atomic E-state index is 12.5. The van der Waals surface area contributed by atoms with E-state index in [1.54, 1.807) is 12.1 Å². The molecule has 120 valence electrons. The highest BCUT2D eigenvalue weighted by atomic mass is 35.5. The van der Waals surface area contributed by atoms with E-state index in [9.17, 15) is 23.7 Å². The Bertz CT molecular complexity index is 759. The van der Waals surface area contributed by atoms with Crippen molar-refractivity contribution in [1.29, 1.82) is 0 Å². The highest BCUT2D eigenvalue weighted by Gasteiger charge is 2.18. The van der Waals surface area contributed by atoms with Crippen molar-refractivity contribution in [2.75, 3.05) is 5.32 Å². The van der Waals surface area contributed by atoms with Gasteiger partial charge in [0.25, 0.3) is 17.4 Å². The van der Waals surface area contributed by atoms with Crippen LogP contribution in [0.3, 0.4) is 0 Å². The third-order valence-electron chi connectivity index (χ3n) is 2.76. The van der Waals surface area contributed by atoms with Crippen molar-refractivity contribution in [1.82, 2.24) is 0 Å². The van der Waals surface area contributed by atoms with Crippen LogP contribution in [0.15, 0.2) is 47.4 Å². The molecule has 0 aliphatic carbocycles. The number of thioether (sulfide) groups is 1. The van der Waals surface area contributed by atoms with E-state index in [0.717, 1.165) is 6.07 Å². The molecule has 0 unspecified atom stereocenters. The van der Waals surface area contributed by atoms with E-state index in [-0.39, 0.29) is 38.6 Å². The van der Waals surface area contributed by atoms with Gasteiger partial charge in [0.05, 0.1) is 21.2 Å². The highest BCUT2D eigenvalue weighted by Crippen LogP contribution is 2.32. The number of nitrogens with one attached hydrogen (secondary N) is 1. The monoisotopic (exact) mass is 358 g/mol. The number of hydrogen-bond acceptors (Lipinski definition) is 4. The lowest BCUT2D eigenvalue weighted by molar-refractivity contribution is -0.384.